The third kappa shape index (κ3) is 5.04. The third-order valence-electron chi connectivity index (χ3n) is 2.59. The maximum Gasteiger partial charge on any atom is 0.169 e. The molecule has 0 atom stereocenters. The van der Waals surface area contributed by atoms with E-state index in [2.05, 4.69) is 28.4 Å². The van der Waals surface area contributed by atoms with Crippen LogP contribution in [0.3, 0.4) is 0 Å². The van der Waals surface area contributed by atoms with Crippen LogP contribution in [-0.4, -0.2) is 66.7 Å². The van der Waals surface area contributed by atoms with Crippen LogP contribution in [0.2, 0.25) is 0 Å². The zero-order valence-electron chi connectivity index (χ0n) is 9.66. The van der Waals surface area contributed by atoms with Crippen LogP contribution in [0.4, 0.5) is 0 Å². The van der Waals surface area contributed by atoms with Gasteiger partial charge in [-0.1, -0.05) is 0 Å². The monoisotopic (exact) mass is 247 g/mol. The van der Waals surface area contributed by atoms with E-state index in [1.165, 1.54) is 12.2 Å². The summed E-state index contributed by atoms with van der Waals surface area (Å²) >= 11 is 7.24. The molecule has 1 aliphatic heterocycles. The van der Waals surface area contributed by atoms with Crippen molar-refractivity contribution in [3.05, 3.63) is 0 Å². The highest BCUT2D eigenvalue weighted by atomic mass is 32.2. The number of thiocarbonyl (C=S) groups is 1. The van der Waals surface area contributed by atoms with Crippen LogP contribution in [0.15, 0.2) is 0 Å². The lowest BCUT2D eigenvalue weighted by atomic mass is 10.3. The SMILES string of the molecule is CSCCCNC(=S)N1CCN(C)CC1. The van der Waals surface area contributed by atoms with Crippen molar-refractivity contribution in [2.75, 3.05) is 51.8 Å². The predicted molar refractivity (Wildman–Crippen MR) is 72.7 cm³/mol. The summed E-state index contributed by atoms with van der Waals surface area (Å²) in [6, 6.07) is 0. The molecule has 0 spiro atoms. The molecule has 0 saturated carbocycles. The number of thioether (sulfide) groups is 1. The Bertz CT molecular complexity index is 191. The average molecular weight is 247 g/mol. The molecule has 1 aliphatic rings. The number of hydrogen-bond donors (Lipinski definition) is 1. The quantitative estimate of drug-likeness (QED) is 0.585. The highest BCUT2D eigenvalue weighted by molar-refractivity contribution is 7.98. The molecule has 1 heterocycles. The molecular weight excluding hydrogens is 226 g/mol. The van der Waals surface area contributed by atoms with E-state index in [1.54, 1.807) is 0 Å². The second kappa shape index (κ2) is 7.30. The molecule has 1 rings (SSSR count). The predicted octanol–water partition coefficient (Wildman–Crippen LogP) is 0.861. The van der Waals surface area contributed by atoms with Crippen molar-refractivity contribution in [3.8, 4) is 0 Å². The van der Waals surface area contributed by atoms with Gasteiger partial charge in [-0.2, -0.15) is 11.8 Å². The molecule has 0 radical (unpaired) electrons. The van der Waals surface area contributed by atoms with Crippen molar-refractivity contribution in [3.63, 3.8) is 0 Å². The number of nitrogens with one attached hydrogen (secondary N) is 1. The lowest BCUT2D eigenvalue weighted by molar-refractivity contribution is 0.214. The van der Waals surface area contributed by atoms with Crippen LogP contribution in [0, 0.1) is 0 Å². The molecule has 1 N–H and O–H groups in total. The number of rotatable bonds is 4. The first kappa shape index (κ1) is 13.1. The van der Waals surface area contributed by atoms with E-state index in [0.717, 1.165) is 37.8 Å². The summed E-state index contributed by atoms with van der Waals surface area (Å²) in [7, 11) is 2.16. The van der Waals surface area contributed by atoms with Gasteiger partial charge in [0.15, 0.2) is 5.11 Å². The Balaban J connectivity index is 2.11. The first-order chi connectivity index (χ1) is 7.24. The minimum Gasteiger partial charge on any atom is -0.363 e. The molecule has 1 fully saturated rings. The van der Waals surface area contributed by atoms with Gasteiger partial charge < -0.3 is 15.1 Å². The molecule has 0 aromatic rings. The smallest absolute Gasteiger partial charge is 0.169 e. The molecule has 5 heteroatoms. The molecule has 88 valence electrons. The van der Waals surface area contributed by atoms with Crippen LogP contribution in [0.25, 0.3) is 0 Å². The van der Waals surface area contributed by atoms with Gasteiger partial charge in [-0.15, -0.1) is 0 Å². The summed E-state index contributed by atoms with van der Waals surface area (Å²) in [5.41, 5.74) is 0. The number of likely N-dealkylation sites (N-methyl/N-ethyl adjacent to an activating group) is 1. The second-order valence-electron chi connectivity index (χ2n) is 3.87. The lowest BCUT2D eigenvalue weighted by Crippen LogP contribution is -2.50. The lowest BCUT2D eigenvalue weighted by Gasteiger charge is -2.34. The fraction of sp³-hybridized carbons (Fsp3) is 0.900. The van der Waals surface area contributed by atoms with Crippen LogP contribution >= 0.6 is 24.0 Å². The van der Waals surface area contributed by atoms with Gasteiger partial charge in [0.25, 0.3) is 0 Å². The molecule has 0 aliphatic carbocycles. The van der Waals surface area contributed by atoms with E-state index in [1.807, 2.05) is 11.8 Å². The molecular formula is C10H21N3S2. The summed E-state index contributed by atoms with van der Waals surface area (Å²) in [6.07, 6.45) is 3.33. The first-order valence-electron chi connectivity index (χ1n) is 5.44. The molecule has 3 nitrogen and oxygen atoms in total. The van der Waals surface area contributed by atoms with Crippen LogP contribution < -0.4 is 5.32 Å². The van der Waals surface area contributed by atoms with Crippen LogP contribution in [0.5, 0.6) is 0 Å². The molecule has 0 unspecified atom stereocenters. The van der Waals surface area contributed by atoms with E-state index < -0.39 is 0 Å². The largest absolute Gasteiger partial charge is 0.363 e. The summed E-state index contributed by atoms with van der Waals surface area (Å²) in [6.45, 7) is 5.36. The Morgan fingerprint density at radius 1 is 1.33 bits per heavy atom. The summed E-state index contributed by atoms with van der Waals surface area (Å²) < 4.78 is 0. The van der Waals surface area contributed by atoms with E-state index in [9.17, 15) is 0 Å². The zero-order chi connectivity index (χ0) is 11.1. The van der Waals surface area contributed by atoms with Crippen molar-refractivity contribution in [2.24, 2.45) is 0 Å². The molecule has 0 aromatic heterocycles. The van der Waals surface area contributed by atoms with Gasteiger partial charge in [-0.05, 0) is 37.7 Å². The standard InChI is InChI=1S/C10H21N3S2/c1-12-5-7-13(8-6-12)10(14)11-4-3-9-15-2/h3-9H2,1-2H3,(H,11,14). The minimum absolute atomic E-state index is 0.934. The van der Waals surface area contributed by atoms with Crippen LogP contribution in [-0.2, 0) is 0 Å². The van der Waals surface area contributed by atoms with E-state index in [-0.39, 0.29) is 0 Å². The molecule has 15 heavy (non-hydrogen) atoms. The zero-order valence-corrected chi connectivity index (χ0v) is 11.3. The Hall–Kier alpha value is -0.0000000000000000486. The van der Waals surface area contributed by atoms with E-state index in [0.29, 0.717) is 0 Å². The Kier molecular flexibility index (Phi) is 6.36. The third-order valence-corrected chi connectivity index (χ3v) is 3.69. The topological polar surface area (TPSA) is 18.5 Å². The van der Waals surface area contributed by atoms with Gasteiger partial charge >= 0.3 is 0 Å². The van der Waals surface area contributed by atoms with E-state index in [4.69, 9.17) is 12.2 Å². The normalized spacial score (nSPS) is 17.9. The molecule has 0 aromatic carbocycles. The fourth-order valence-corrected chi connectivity index (χ4v) is 2.25. The Morgan fingerprint density at radius 2 is 2.00 bits per heavy atom. The van der Waals surface area contributed by atoms with Gasteiger partial charge in [0, 0.05) is 32.7 Å². The molecule has 1 saturated heterocycles. The maximum absolute atomic E-state index is 5.35. The number of nitrogens with zero attached hydrogens (tertiary/aromatic N) is 2. The van der Waals surface area contributed by atoms with Crippen molar-refractivity contribution in [1.29, 1.82) is 0 Å². The van der Waals surface area contributed by atoms with Crippen LogP contribution in [0.1, 0.15) is 6.42 Å². The Morgan fingerprint density at radius 3 is 2.60 bits per heavy atom. The van der Waals surface area contributed by atoms with Gasteiger partial charge in [-0.3, -0.25) is 0 Å². The first-order valence-corrected chi connectivity index (χ1v) is 7.24. The summed E-state index contributed by atoms with van der Waals surface area (Å²) in [5.74, 6) is 1.21. The highest BCUT2D eigenvalue weighted by Gasteiger charge is 2.15. The maximum atomic E-state index is 5.35. The Labute approximate surface area is 103 Å². The summed E-state index contributed by atoms with van der Waals surface area (Å²) in [4.78, 5) is 4.61. The van der Waals surface area contributed by atoms with Gasteiger partial charge in [0.1, 0.15) is 0 Å². The van der Waals surface area contributed by atoms with Gasteiger partial charge in [0.2, 0.25) is 0 Å². The highest BCUT2D eigenvalue weighted by Crippen LogP contribution is 2.00. The van der Waals surface area contributed by atoms with Gasteiger partial charge in [0.05, 0.1) is 0 Å². The second-order valence-corrected chi connectivity index (χ2v) is 5.24. The van der Waals surface area contributed by atoms with Crippen molar-refractivity contribution in [2.45, 2.75) is 6.42 Å². The van der Waals surface area contributed by atoms with Crippen molar-refractivity contribution < 1.29 is 0 Å². The average Bonchev–Trinajstić information content (AvgIpc) is 2.25. The van der Waals surface area contributed by atoms with Crippen molar-refractivity contribution in [1.82, 2.24) is 15.1 Å². The molecule has 0 bridgehead atoms. The van der Waals surface area contributed by atoms with Gasteiger partial charge in [-0.25, -0.2) is 0 Å². The summed E-state index contributed by atoms with van der Waals surface area (Å²) in [5, 5.41) is 4.26. The minimum atomic E-state index is 0.934. The number of piperazine rings is 1. The van der Waals surface area contributed by atoms with Crippen molar-refractivity contribution >= 4 is 29.1 Å². The number of hydrogen-bond acceptors (Lipinski definition) is 3. The fourth-order valence-electron chi connectivity index (χ4n) is 1.53. The van der Waals surface area contributed by atoms with E-state index >= 15 is 0 Å². The molecule has 0 amide bonds.